The lowest BCUT2D eigenvalue weighted by Gasteiger charge is -2.11. The van der Waals surface area contributed by atoms with Crippen molar-refractivity contribution in [1.82, 2.24) is 0 Å². The molecule has 2 aromatic rings. The molecule has 0 aliphatic carbocycles. The standard InChI is InChI=1S/C18H23IOSi/c1-2-4-14-6-8-15(9-7-14)18-11-10-17(20)13-16(18)5-3-12-21-19/h6-11,13,20H,2-5,12,21H2,1H3. The van der Waals surface area contributed by atoms with Crippen LogP contribution in [0.25, 0.3) is 11.1 Å². The van der Waals surface area contributed by atoms with Gasteiger partial charge in [0.25, 0.3) is 0 Å². The van der Waals surface area contributed by atoms with Crippen molar-refractivity contribution in [2.45, 2.75) is 38.7 Å². The number of aromatic hydroxyl groups is 1. The summed E-state index contributed by atoms with van der Waals surface area (Å²) in [4.78, 5) is 0. The summed E-state index contributed by atoms with van der Waals surface area (Å²) in [7, 11) is 0.109. The summed E-state index contributed by atoms with van der Waals surface area (Å²) in [5, 5.41) is 9.76. The van der Waals surface area contributed by atoms with Crippen molar-refractivity contribution in [2.24, 2.45) is 0 Å². The van der Waals surface area contributed by atoms with Gasteiger partial charge < -0.3 is 5.11 Å². The van der Waals surface area contributed by atoms with Crippen molar-refractivity contribution in [2.75, 3.05) is 0 Å². The molecule has 0 saturated carbocycles. The van der Waals surface area contributed by atoms with Gasteiger partial charge >= 0.3 is 0 Å². The third kappa shape index (κ3) is 4.85. The summed E-state index contributed by atoms with van der Waals surface area (Å²) in [6.07, 6.45) is 4.63. The number of halogens is 1. The fourth-order valence-corrected chi connectivity index (χ4v) is 4.68. The summed E-state index contributed by atoms with van der Waals surface area (Å²) in [5.41, 5.74) is 5.21. The second kappa shape index (κ2) is 8.59. The van der Waals surface area contributed by atoms with Crippen molar-refractivity contribution in [1.29, 1.82) is 0 Å². The molecule has 0 aromatic heterocycles. The number of hydrogen-bond donors (Lipinski definition) is 1. The first-order valence-corrected chi connectivity index (χ1v) is 13.8. The summed E-state index contributed by atoms with van der Waals surface area (Å²) in [5.74, 6) is 0.378. The molecule has 1 N–H and O–H groups in total. The van der Waals surface area contributed by atoms with Crippen molar-refractivity contribution in [3.63, 3.8) is 0 Å². The lowest BCUT2D eigenvalue weighted by molar-refractivity contribution is 0.474. The monoisotopic (exact) mass is 410 g/mol. The number of phenolic OH excluding ortho intramolecular Hbond substituents is 1. The predicted molar refractivity (Wildman–Crippen MR) is 103 cm³/mol. The Morgan fingerprint density at radius 3 is 2.48 bits per heavy atom. The Morgan fingerprint density at radius 2 is 1.81 bits per heavy atom. The molecule has 0 aliphatic rings. The molecule has 0 amide bonds. The van der Waals surface area contributed by atoms with Gasteiger partial charge in [0.15, 0.2) is 0 Å². The van der Waals surface area contributed by atoms with Gasteiger partial charge in [-0.15, -0.1) is 21.8 Å². The Labute approximate surface area is 142 Å². The van der Waals surface area contributed by atoms with Gasteiger partial charge in [-0.3, -0.25) is 0 Å². The van der Waals surface area contributed by atoms with E-state index in [-0.39, 0.29) is 7.02 Å². The zero-order valence-electron chi connectivity index (χ0n) is 12.6. The second-order valence-electron chi connectivity index (χ2n) is 5.43. The van der Waals surface area contributed by atoms with Gasteiger partial charge in [0.2, 0.25) is 0 Å². The highest BCUT2D eigenvalue weighted by Crippen LogP contribution is 2.28. The average molecular weight is 410 g/mol. The van der Waals surface area contributed by atoms with Crippen molar-refractivity contribution < 1.29 is 5.11 Å². The molecule has 0 heterocycles. The summed E-state index contributed by atoms with van der Waals surface area (Å²) < 4.78 is 0. The van der Waals surface area contributed by atoms with E-state index >= 15 is 0 Å². The van der Waals surface area contributed by atoms with Crippen molar-refractivity contribution in [3.8, 4) is 16.9 Å². The van der Waals surface area contributed by atoms with Crippen LogP contribution in [0, 0.1) is 0 Å². The molecule has 0 radical (unpaired) electrons. The predicted octanol–water partition coefficient (Wildman–Crippen LogP) is 4.88. The van der Waals surface area contributed by atoms with Crippen LogP contribution in [0.5, 0.6) is 5.75 Å². The average Bonchev–Trinajstić information content (AvgIpc) is 2.49. The van der Waals surface area contributed by atoms with Gasteiger partial charge in [0, 0.05) is 0 Å². The van der Waals surface area contributed by atoms with Crippen molar-refractivity contribution >= 4 is 28.8 Å². The normalized spacial score (nSPS) is 11.3. The first kappa shape index (κ1) is 16.6. The molecule has 0 unspecified atom stereocenters. The van der Waals surface area contributed by atoms with Crippen molar-refractivity contribution in [3.05, 3.63) is 53.6 Å². The number of benzene rings is 2. The highest BCUT2D eigenvalue weighted by Gasteiger charge is 2.06. The van der Waals surface area contributed by atoms with E-state index in [1.165, 1.54) is 41.1 Å². The third-order valence-electron chi connectivity index (χ3n) is 3.72. The van der Waals surface area contributed by atoms with Gasteiger partial charge in [-0.2, -0.15) is 0 Å². The van der Waals surface area contributed by atoms with Gasteiger partial charge in [-0.1, -0.05) is 56.1 Å². The molecule has 21 heavy (non-hydrogen) atoms. The van der Waals surface area contributed by atoms with Crippen LogP contribution in [0.4, 0.5) is 0 Å². The van der Waals surface area contributed by atoms with E-state index in [9.17, 15) is 5.11 Å². The topological polar surface area (TPSA) is 20.2 Å². The maximum atomic E-state index is 9.76. The van der Waals surface area contributed by atoms with E-state index in [1.54, 1.807) is 6.07 Å². The molecule has 0 atom stereocenters. The number of hydrogen-bond acceptors (Lipinski definition) is 1. The molecule has 112 valence electrons. The first-order valence-electron chi connectivity index (χ1n) is 7.71. The third-order valence-corrected chi connectivity index (χ3v) is 6.78. The van der Waals surface area contributed by atoms with Crippen LogP contribution in [0.1, 0.15) is 30.9 Å². The molecule has 0 fully saturated rings. The molecule has 1 nitrogen and oxygen atoms in total. The van der Waals surface area contributed by atoms with Gasteiger partial charge in [-0.05, 0) is 47.2 Å². The SMILES string of the molecule is CCCc1ccc(-c2ccc(O)cc2CCC[SiH2]I)cc1. The maximum Gasteiger partial charge on any atom is 0.115 e. The van der Waals surface area contributed by atoms with E-state index in [4.69, 9.17) is 0 Å². The van der Waals surface area contributed by atoms with Crippen LogP contribution >= 0.6 is 21.8 Å². The molecule has 0 spiro atoms. The zero-order valence-corrected chi connectivity index (χ0v) is 16.2. The highest BCUT2D eigenvalue weighted by atomic mass is 127. The fraction of sp³-hybridized carbons (Fsp3) is 0.333. The van der Waals surface area contributed by atoms with E-state index < -0.39 is 0 Å². The van der Waals surface area contributed by atoms with Crippen LogP contribution in [-0.4, -0.2) is 12.1 Å². The smallest absolute Gasteiger partial charge is 0.115 e. The minimum Gasteiger partial charge on any atom is -0.508 e. The van der Waals surface area contributed by atoms with Crippen LogP contribution in [0.2, 0.25) is 6.04 Å². The lowest BCUT2D eigenvalue weighted by atomic mass is 9.95. The summed E-state index contributed by atoms with van der Waals surface area (Å²) >= 11 is 2.56. The number of rotatable bonds is 7. The molecule has 0 aliphatic heterocycles. The van der Waals surface area contributed by atoms with Crippen LogP contribution in [0.15, 0.2) is 42.5 Å². The van der Waals surface area contributed by atoms with E-state index in [1.807, 2.05) is 6.07 Å². The van der Waals surface area contributed by atoms with Crippen LogP contribution < -0.4 is 0 Å². The minimum atomic E-state index is 0.109. The number of phenols is 1. The van der Waals surface area contributed by atoms with E-state index in [2.05, 4.69) is 59.1 Å². The zero-order chi connectivity index (χ0) is 15.1. The van der Waals surface area contributed by atoms with Gasteiger partial charge in [0.05, 0.1) is 7.02 Å². The Balaban J connectivity index is 2.24. The number of aryl methyl sites for hydroxylation is 2. The highest BCUT2D eigenvalue weighted by molar-refractivity contribution is 14.1. The Hall–Kier alpha value is -0.813. The molecule has 3 heteroatoms. The second-order valence-corrected chi connectivity index (χ2v) is 9.76. The minimum absolute atomic E-state index is 0.109. The van der Waals surface area contributed by atoms with E-state index in [0.717, 1.165) is 12.8 Å². The molecular formula is C18H23IOSi. The molecular weight excluding hydrogens is 387 g/mol. The van der Waals surface area contributed by atoms with Crippen LogP contribution in [0.3, 0.4) is 0 Å². The van der Waals surface area contributed by atoms with Gasteiger partial charge in [0.1, 0.15) is 5.75 Å². The summed E-state index contributed by atoms with van der Waals surface area (Å²) in [6, 6.07) is 16.0. The largest absolute Gasteiger partial charge is 0.508 e. The Kier molecular flexibility index (Phi) is 6.77. The van der Waals surface area contributed by atoms with E-state index in [0.29, 0.717) is 5.75 Å². The Bertz CT molecular complexity index is 566. The Morgan fingerprint density at radius 1 is 1.05 bits per heavy atom. The van der Waals surface area contributed by atoms with Gasteiger partial charge in [-0.25, -0.2) is 0 Å². The molecule has 0 saturated heterocycles. The molecule has 0 bridgehead atoms. The maximum absolute atomic E-state index is 9.76. The molecule has 2 rings (SSSR count). The fourth-order valence-electron chi connectivity index (χ4n) is 2.62. The first-order chi connectivity index (χ1) is 10.2. The summed E-state index contributed by atoms with van der Waals surface area (Å²) in [6.45, 7) is 2.21. The van der Waals surface area contributed by atoms with Crippen LogP contribution in [-0.2, 0) is 12.8 Å². The lowest BCUT2D eigenvalue weighted by Crippen LogP contribution is -1.92. The quantitative estimate of drug-likeness (QED) is 0.299. The molecule has 2 aromatic carbocycles.